The molecule has 5 nitrogen and oxygen atoms in total. The van der Waals surface area contributed by atoms with Gasteiger partial charge in [0.05, 0.1) is 4.47 Å². The second-order valence-electron chi connectivity index (χ2n) is 4.42. The summed E-state index contributed by atoms with van der Waals surface area (Å²) >= 11 is 3.28. The number of hydrogen-bond donors (Lipinski definition) is 3. The van der Waals surface area contributed by atoms with Crippen molar-refractivity contribution in [3.63, 3.8) is 0 Å². The van der Waals surface area contributed by atoms with Gasteiger partial charge in [-0.05, 0) is 57.9 Å². The third kappa shape index (κ3) is 4.68. The molecule has 0 unspecified atom stereocenters. The van der Waals surface area contributed by atoms with Gasteiger partial charge in [0.1, 0.15) is 11.5 Å². The number of primary amides is 1. The molecule has 0 radical (unpaired) electrons. The summed E-state index contributed by atoms with van der Waals surface area (Å²) in [6, 6.07) is 12.6. The van der Waals surface area contributed by atoms with Crippen LogP contribution in [0.2, 0.25) is 0 Å². The predicted molar refractivity (Wildman–Crippen MR) is 84.3 cm³/mol. The number of phenolic OH excluding ortho intramolecular Hbond substituents is 1. The molecule has 0 heterocycles. The zero-order chi connectivity index (χ0) is 15.2. The Kier molecular flexibility index (Phi) is 5.05. The highest BCUT2D eigenvalue weighted by molar-refractivity contribution is 9.10. The lowest BCUT2D eigenvalue weighted by molar-refractivity contribution is -0.119. The first-order valence-corrected chi connectivity index (χ1v) is 7.06. The van der Waals surface area contributed by atoms with E-state index in [4.69, 9.17) is 10.5 Å². The van der Waals surface area contributed by atoms with Gasteiger partial charge in [0.25, 0.3) is 5.91 Å². The number of rotatable bonds is 6. The largest absolute Gasteiger partial charge is 0.507 e. The number of hydrogen-bond acceptors (Lipinski definition) is 4. The molecule has 0 bridgehead atoms. The lowest BCUT2D eigenvalue weighted by Crippen LogP contribution is -2.19. The number of carbonyl (C=O) groups is 1. The maximum atomic E-state index is 10.6. The fourth-order valence-corrected chi connectivity index (χ4v) is 2.11. The van der Waals surface area contributed by atoms with E-state index in [2.05, 4.69) is 21.2 Å². The first kappa shape index (κ1) is 15.2. The number of nitrogens with two attached hydrogens (primary N) is 1. The zero-order valence-corrected chi connectivity index (χ0v) is 12.8. The van der Waals surface area contributed by atoms with E-state index >= 15 is 0 Å². The summed E-state index contributed by atoms with van der Waals surface area (Å²) < 4.78 is 5.84. The van der Waals surface area contributed by atoms with E-state index in [1.165, 1.54) is 0 Å². The molecule has 4 N–H and O–H groups in total. The predicted octanol–water partition coefficient (Wildman–Crippen LogP) is 2.63. The Morgan fingerprint density at radius 3 is 2.57 bits per heavy atom. The topological polar surface area (TPSA) is 84.6 Å². The average Bonchev–Trinajstić information content (AvgIpc) is 2.47. The van der Waals surface area contributed by atoms with Gasteiger partial charge in [-0.2, -0.15) is 0 Å². The summed E-state index contributed by atoms with van der Waals surface area (Å²) in [5.74, 6) is 0.302. The molecular formula is C15H15BrN2O3. The van der Waals surface area contributed by atoms with Crippen LogP contribution in [0.1, 0.15) is 5.56 Å². The minimum atomic E-state index is -0.505. The molecule has 0 fully saturated rings. The molecular weight excluding hydrogens is 336 g/mol. The highest BCUT2D eigenvalue weighted by Crippen LogP contribution is 2.24. The first-order valence-electron chi connectivity index (χ1n) is 6.27. The lowest BCUT2D eigenvalue weighted by atomic mass is 10.2. The van der Waals surface area contributed by atoms with Crippen molar-refractivity contribution in [2.75, 3.05) is 11.9 Å². The minimum absolute atomic E-state index is 0.131. The zero-order valence-electron chi connectivity index (χ0n) is 11.2. The summed E-state index contributed by atoms with van der Waals surface area (Å²) in [6.07, 6.45) is 0. The van der Waals surface area contributed by atoms with E-state index in [1.807, 2.05) is 24.3 Å². The van der Waals surface area contributed by atoms with Crippen LogP contribution in [-0.2, 0) is 11.3 Å². The second-order valence-corrected chi connectivity index (χ2v) is 5.27. The Hall–Kier alpha value is -2.21. The Balaban J connectivity index is 1.91. The van der Waals surface area contributed by atoms with Crippen LogP contribution in [0.15, 0.2) is 46.9 Å². The van der Waals surface area contributed by atoms with Gasteiger partial charge in [-0.1, -0.05) is 6.07 Å². The summed E-state index contributed by atoms with van der Waals surface area (Å²) in [6.45, 7) is 0.495. The number of amides is 1. The molecule has 110 valence electrons. The molecule has 0 atom stereocenters. The van der Waals surface area contributed by atoms with Crippen molar-refractivity contribution in [3.8, 4) is 11.5 Å². The molecule has 6 heteroatoms. The first-order chi connectivity index (χ1) is 10.0. The molecule has 0 aliphatic carbocycles. The fourth-order valence-electron chi connectivity index (χ4n) is 1.69. The maximum absolute atomic E-state index is 10.6. The van der Waals surface area contributed by atoms with Crippen LogP contribution in [0.4, 0.5) is 5.69 Å². The number of anilines is 1. The van der Waals surface area contributed by atoms with Crippen LogP contribution >= 0.6 is 15.9 Å². The van der Waals surface area contributed by atoms with Crippen LogP contribution in [-0.4, -0.2) is 17.6 Å². The van der Waals surface area contributed by atoms with E-state index in [0.717, 1.165) is 11.3 Å². The highest BCUT2D eigenvalue weighted by Gasteiger charge is 2.01. The Morgan fingerprint density at radius 2 is 1.95 bits per heavy atom. The maximum Gasteiger partial charge on any atom is 0.255 e. The minimum Gasteiger partial charge on any atom is -0.507 e. The van der Waals surface area contributed by atoms with Gasteiger partial charge < -0.3 is 20.9 Å². The van der Waals surface area contributed by atoms with Gasteiger partial charge in [0.15, 0.2) is 6.61 Å². The van der Waals surface area contributed by atoms with Crippen molar-refractivity contribution < 1.29 is 14.6 Å². The molecule has 0 saturated carbocycles. The quantitative estimate of drug-likeness (QED) is 0.747. The standard InChI is InChI=1S/C15H15BrN2O3/c16-13-7-10(1-6-14(13)19)8-18-11-2-4-12(5-3-11)21-9-15(17)20/h1-7,18-19H,8-9H2,(H2,17,20). The van der Waals surface area contributed by atoms with Gasteiger partial charge in [0.2, 0.25) is 0 Å². The number of ether oxygens (including phenoxy) is 1. The molecule has 2 aromatic carbocycles. The Labute approximate surface area is 130 Å². The molecule has 0 aliphatic rings. The smallest absolute Gasteiger partial charge is 0.255 e. The molecule has 2 rings (SSSR count). The van der Waals surface area contributed by atoms with Crippen molar-refractivity contribution in [1.29, 1.82) is 0 Å². The van der Waals surface area contributed by atoms with E-state index in [-0.39, 0.29) is 12.4 Å². The second kappa shape index (κ2) is 6.99. The van der Waals surface area contributed by atoms with Crippen LogP contribution in [0.3, 0.4) is 0 Å². The van der Waals surface area contributed by atoms with Gasteiger partial charge in [-0.25, -0.2) is 0 Å². The van der Waals surface area contributed by atoms with E-state index < -0.39 is 5.91 Å². The van der Waals surface area contributed by atoms with Crippen LogP contribution in [0.25, 0.3) is 0 Å². The van der Waals surface area contributed by atoms with Crippen LogP contribution in [0, 0.1) is 0 Å². The Morgan fingerprint density at radius 1 is 1.24 bits per heavy atom. The number of benzene rings is 2. The molecule has 0 saturated heterocycles. The van der Waals surface area contributed by atoms with Crippen LogP contribution in [0.5, 0.6) is 11.5 Å². The number of halogens is 1. The van der Waals surface area contributed by atoms with Gasteiger partial charge in [-0.15, -0.1) is 0 Å². The molecule has 0 spiro atoms. The van der Waals surface area contributed by atoms with Gasteiger partial charge in [-0.3, -0.25) is 4.79 Å². The van der Waals surface area contributed by atoms with E-state index in [9.17, 15) is 9.90 Å². The molecule has 1 amide bonds. The van der Waals surface area contributed by atoms with Crippen molar-refractivity contribution in [1.82, 2.24) is 0 Å². The van der Waals surface area contributed by atoms with Crippen molar-refractivity contribution in [2.24, 2.45) is 5.73 Å². The normalized spacial score (nSPS) is 10.1. The van der Waals surface area contributed by atoms with Crippen molar-refractivity contribution in [2.45, 2.75) is 6.54 Å². The number of phenols is 1. The summed E-state index contributed by atoms with van der Waals surface area (Å²) in [5, 5.41) is 12.7. The van der Waals surface area contributed by atoms with Gasteiger partial charge in [0, 0.05) is 12.2 Å². The van der Waals surface area contributed by atoms with Crippen LogP contribution < -0.4 is 15.8 Å². The summed E-state index contributed by atoms with van der Waals surface area (Å²) in [4.78, 5) is 10.6. The number of aromatic hydroxyl groups is 1. The van der Waals surface area contributed by atoms with Gasteiger partial charge >= 0.3 is 0 Å². The monoisotopic (exact) mass is 350 g/mol. The molecule has 0 aromatic heterocycles. The van der Waals surface area contributed by atoms with E-state index in [0.29, 0.717) is 16.8 Å². The summed E-state index contributed by atoms with van der Waals surface area (Å²) in [5.41, 5.74) is 6.96. The molecule has 21 heavy (non-hydrogen) atoms. The summed E-state index contributed by atoms with van der Waals surface area (Å²) in [7, 11) is 0. The van der Waals surface area contributed by atoms with E-state index in [1.54, 1.807) is 18.2 Å². The number of nitrogens with one attached hydrogen (secondary N) is 1. The van der Waals surface area contributed by atoms with Crippen molar-refractivity contribution >= 4 is 27.5 Å². The fraction of sp³-hybridized carbons (Fsp3) is 0.133. The van der Waals surface area contributed by atoms with Crippen molar-refractivity contribution in [3.05, 3.63) is 52.5 Å². The Bertz CT molecular complexity index is 629. The average molecular weight is 351 g/mol. The third-order valence-electron chi connectivity index (χ3n) is 2.74. The SMILES string of the molecule is NC(=O)COc1ccc(NCc2ccc(O)c(Br)c2)cc1. The molecule has 2 aromatic rings. The lowest BCUT2D eigenvalue weighted by Gasteiger charge is -2.09. The molecule has 0 aliphatic heterocycles. The third-order valence-corrected chi connectivity index (χ3v) is 3.38. The number of carbonyl (C=O) groups excluding carboxylic acids is 1. The highest BCUT2D eigenvalue weighted by atomic mass is 79.9.